The number of piperazine rings is 1. The number of rotatable bonds is 3. The first-order chi connectivity index (χ1) is 9.41. The Labute approximate surface area is 121 Å². The Bertz CT molecular complexity index is 456. The first-order valence-corrected chi connectivity index (χ1v) is 7.19. The van der Waals surface area contributed by atoms with Gasteiger partial charge in [-0.15, -0.1) is 0 Å². The lowest BCUT2D eigenvalue weighted by Gasteiger charge is -2.40. The van der Waals surface area contributed by atoms with Crippen molar-refractivity contribution in [2.75, 3.05) is 26.7 Å². The minimum absolute atomic E-state index is 0.214. The molecular weight excluding hydrogens is 255 g/mol. The summed E-state index contributed by atoms with van der Waals surface area (Å²) in [5, 5.41) is 3.55. The summed E-state index contributed by atoms with van der Waals surface area (Å²) in [6.07, 6.45) is 0. The number of hydrogen-bond acceptors (Lipinski definition) is 3. The van der Waals surface area contributed by atoms with Gasteiger partial charge in [-0.1, -0.05) is 32.9 Å². The Hall–Kier alpha value is -1.13. The number of methoxy groups -OCH3 is 1. The third-order valence-electron chi connectivity index (χ3n) is 3.96. The predicted molar refractivity (Wildman–Crippen MR) is 79.5 cm³/mol. The van der Waals surface area contributed by atoms with Crippen molar-refractivity contribution in [2.45, 2.75) is 33.4 Å². The zero-order valence-electron chi connectivity index (χ0n) is 12.9. The quantitative estimate of drug-likeness (QED) is 0.921. The van der Waals surface area contributed by atoms with Crippen molar-refractivity contribution in [3.63, 3.8) is 0 Å². The van der Waals surface area contributed by atoms with E-state index in [4.69, 9.17) is 4.74 Å². The van der Waals surface area contributed by atoms with E-state index in [-0.39, 0.29) is 11.2 Å². The lowest BCUT2D eigenvalue weighted by molar-refractivity contribution is 0.128. The van der Waals surface area contributed by atoms with Crippen LogP contribution in [0, 0.1) is 11.2 Å². The smallest absolute Gasteiger partial charge is 0.169 e. The molecule has 1 heterocycles. The molecule has 0 amide bonds. The molecule has 1 aliphatic rings. The highest BCUT2D eigenvalue weighted by atomic mass is 19.1. The largest absolute Gasteiger partial charge is 0.494 e. The molecule has 112 valence electrons. The highest BCUT2D eigenvalue weighted by Crippen LogP contribution is 2.25. The molecule has 0 aliphatic carbocycles. The van der Waals surface area contributed by atoms with Crippen molar-refractivity contribution in [3.8, 4) is 5.75 Å². The second-order valence-corrected chi connectivity index (χ2v) is 6.54. The first-order valence-electron chi connectivity index (χ1n) is 7.19. The van der Waals surface area contributed by atoms with E-state index in [0.717, 1.165) is 19.6 Å². The fourth-order valence-corrected chi connectivity index (χ4v) is 2.61. The molecule has 1 unspecified atom stereocenters. The standard InChI is InChI=1S/C16H25FN2O/c1-16(2,3)14-11-19(9-8-18-14)10-12-6-5-7-13(20-4)15(12)17/h5-7,14,18H,8-11H2,1-4H3. The predicted octanol–water partition coefficient (Wildman–Crippen LogP) is 2.65. The van der Waals surface area contributed by atoms with E-state index in [1.165, 1.54) is 7.11 Å². The van der Waals surface area contributed by atoms with E-state index in [2.05, 4.69) is 31.0 Å². The van der Waals surface area contributed by atoms with Crippen molar-refractivity contribution in [2.24, 2.45) is 5.41 Å². The topological polar surface area (TPSA) is 24.5 Å². The van der Waals surface area contributed by atoms with Crippen LogP contribution in [0.1, 0.15) is 26.3 Å². The molecule has 0 bridgehead atoms. The van der Waals surface area contributed by atoms with Gasteiger partial charge in [0.15, 0.2) is 11.6 Å². The Balaban J connectivity index is 2.07. The molecule has 1 fully saturated rings. The molecule has 2 rings (SSSR count). The molecule has 20 heavy (non-hydrogen) atoms. The molecule has 1 atom stereocenters. The highest BCUT2D eigenvalue weighted by molar-refractivity contribution is 5.31. The van der Waals surface area contributed by atoms with E-state index in [1.807, 2.05) is 12.1 Å². The lowest BCUT2D eigenvalue weighted by atomic mass is 9.85. The van der Waals surface area contributed by atoms with Crippen molar-refractivity contribution in [1.29, 1.82) is 0 Å². The molecular formula is C16H25FN2O. The summed E-state index contributed by atoms with van der Waals surface area (Å²) in [6, 6.07) is 5.78. The van der Waals surface area contributed by atoms with Crippen molar-refractivity contribution in [1.82, 2.24) is 10.2 Å². The Kier molecular flexibility index (Phi) is 4.66. The third-order valence-corrected chi connectivity index (χ3v) is 3.96. The van der Waals surface area contributed by atoms with Gasteiger partial charge in [0.2, 0.25) is 0 Å². The monoisotopic (exact) mass is 280 g/mol. The highest BCUT2D eigenvalue weighted by Gasteiger charge is 2.29. The van der Waals surface area contributed by atoms with Gasteiger partial charge in [-0.3, -0.25) is 4.90 Å². The Morgan fingerprint density at radius 3 is 2.80 bits per heavy atom. The lowest BCUT2D eigenvalue weighted by Crippen LogP contribution is -2.55. The van der Waals surface area contributed by atoms with Crippen LogP contribution in [0.25, 0.3) is 0 Å². The van der Waals surface area contributed by atoms with Crippen LogP contribution in [0.4, 0.5) is 4.39 Å². The average Bonchev–Trinajstić information content (AvgIpc) is 2.40. The number of halogens is 1. The molecule has 1 saturated heterocycles. The van der Waals surface area contributed by atoms with Gasteiger partial charge in [0.1, 0.15) is 0 Å². The van der Waals surface area contributed by atoms with Crippen LogP contribution in [-0.4, -0.2) is 37.7 Å². The number of nitrogens with one attached hydrogen (secondary N) is 1. The van der Waals surface area contributed by atoms with Crippen molar-refractivity contribution < 1.29 is 9.13 Å². The molecule has 4 heteroatoms. The minimum Gasteiger partial charge on any atom is -0.494 e. The summed E-state index contributed by atoms with van der Waals surface area (Å²) in [5.74, 6) is 0.0887. The fourth-order valence-electron chi connectivity index (χ4n) is 2.61. The Morgan fingerprint density at radius 1 is 1.40 bits per heavy atom. The van der Waals surface area contributed by atoms with E-state index in [9.17, 15) is 4.39 Å². The van der Waals surface area contributed by atoms with Crippen LogP contribution < -0.4 is 10.1 Å². The SMILES string of the molecule is COc1cccc(CN2CCNC(C(C)(C)C)C2)c1F. The van der Waals surface area contributed by atoms with Gasteiger partial charge in [-0.25, -0.2) is 4.39 Å². The summed E-state index contributed by atoms with van der Waals surface area (Å²) in [4.78, 5) is 2.31. The van der Waals surface area contributed by atoms with Gasteiger partial charge in [-0.05, 0) is 11.5 Å². The van der Waals surface area contributed by atoms with Crippen LogP contribution >= 0.6 is 0 Å². The van der Waals surface area contributed by atoms with E-state index in [0.29, 0.717) is 23.9 Å². The van der Waals surface area contributed by atoms with Crippen LogP contribution in [0.3, 0.4) is 0 Å². The van der Waals surface area contributed by atoms with Crippen LogP contribution in [0.15, 0.2) is 18.2 Å². The minimum atomic E-state index is -0.235. The zero-order valence-corrected chi connectivity index (χ0v) is 12.9. The van der Waals surface area contributed by atoms with Crippen LogP contribution in [0.2, 0.25) is 0 Å². The normalized spacial score (nSPS) is 20.9. The maximum absolute atomic E-state index is 14.2. The van der Waals surface area contributed by atoms with Crippen molar-refractivity contribution in [3.05, 3.63) is 29.6 Å². The number of hydrogen-bond donors (Lipinski definition) is 1. The third kappa shape index (κ3) is 3.49. The van der Waals surface area contributed by atoms with Crippen molar-refractivity contribution >= 4 is 0 Å². The molecule has 1 N–H and O–H groups in total. The summed E-state index contributed by atoms with van der Waals surface area (Å²) in [6.45, 7) is 10.2. The van der Waals surface area contributed by atoms with Crippen LogP contribution in [-0.2, 0) is 6.54 Å². The maximum Gasteiger partial charge on any atom is 0.169 e. The van der Waals surface area contributed by atoms with Crippen LogP contribution in [0.5, 0.6) is 5.75 Å². The van der Waals surface area contributed by atoms with Gasteiger partial charge in [-0.2, -0.15) is 0 Å². The number of nitrogens with zero attached hydrogens (tertiary/aromatic N) is 1. The van der Waals surface area contributed by atoms with Gasteiger partial charge in [0.25, 0.3) is 0 Å². The number of benzene rings is 1. The van der Waals surface area contributed by atoms with Gasteiger partial charge in [0, 0.05) is 37.8 Å². The fraction of sp³-hybridized carbons (Fsp3) is 0.625. The zero-order chi connectivity index (χ0) is 14.8. The molecule has 3 nitrogen and oxygen atoms in total. The van der Waals surface area contributed by atoms with Gasteiger partial charge in [0.05, 0.1) is 7.11 Å². The summed E-state index contributed by atoms with van der Waals surface area (Å²) < 4.78 is 19.2. The van der Waals surface area contributed by atoms with Gasteiger partial charge >= 0.3 is 0 Å². The maximum atomic E-state index is 14.2. The molecule has 0 saturated carbocycles. The van der Waals surface area contributed by atoms with E-state index < -0.39 is 0 Å². The van der Waals surface area contributed by atoms with E-state index >= 15 is 0 Å². The molecule has 0 radical (unpaired) electrons. The van der Waals surface area contributed by atoms with Gasteiger partial charge < -0.3 is 10.1 Å². The molecule has 1 aromatic rings. The second-order valence-electron chi connectivity index (χ2n) is 6.54. The molecule has 0 spiro atoms. The molecule has 1 aliphatic heterocycles. The summed E-state index contributed by atoms with van der Waals surface area (Å²) in [7, 11) is 1.50. The molecule has 0 aromatic heterocycles. The van der Waals surface area contributed by atoms with E-state index in [1.54, 1.807) is 6.07 Å². The number of ether oxygens (including phenoxy) is 1. The molecule has 1 aromatic carbocycles. The summed E-state index contributed by atoms with van der Waals surface area (Å²) in [5.41, 5.74) is 0.921. The summed E-state index contributed by atoms with van der Waals surface area (Å²) >= 11 is 0. The second kappa shape index (κ2) is 6.10. The average molecular weight is 280 g/mol. The first kappa shape index (κ1) is 15.3. The Morgan fingerprint density at radius 2 is 2.15 bits per heavy atom.